The Labute approximate surface area is 147 Å². The van der Waals surface area contributed by atoms with E-state index in [0.29, 0.717) is 10.6 Å². The molecule has 0 spiro atoms. The van der Waals surface area contributed by atoms with Crippen molar-refractivity contribution in [3.8, 4) is 17.6 Å². The zero-order valence-corrected chi connectivity index (χ0v) is 15.0. The van der Waals surface area contributed by atoms with Gasteiger partial charge in [0.15, 0.2) is 0 Å². The van der Waals surface area contributed by atoms with Crippen LogP contribution in [-0.4, -0.2) is 21.6 Å². The van der Waals surface area contributed by atoms with Crippen molar-refractivity contribution in [2.75, 3.05) is 13.2 Å². The molecular formula is C18H18ClNO3S. The standard InChI is InChI=1S/C18H18ClNO3S/c1-14-7-3-4-8-17(14)23-12-6-5-11-20-24(21,22)18-13-16(19)10-9-15(18)2/h3-4,7-10,13,20H,11-12H2,1-2H3. The SMILES string of the molecule is Cc1ccccc1OCC#CCNS(=O)(=O)c1cc(Cl)ccc1C. The van der Waals surface area contributed by atoms with E-state index in [0.717, 1.165) is 11.3 Å². The molecule has 126 valence electrons. The maximum absolute atomic E-state index is 12.2. The fraction of sp³-hybridized carbons (Fsp3) is 0.222. The third-order valence-corrected chi connectivity index (χ3v) is 5.09. The zero-order valence-electron chi connectivity index (χ0n) is 13.5. The molecule has 4 nitrogen and oxygen atoms in total. The summed E-state index contributed by atoms with van der Waals surface area (Å²) in [7, 11) is -3.64. The highest BCUT2D eigenvalue weighted by Crippen LogP contribution is 2.19. The average Bonchev–Trinajstić information content (AvgIpc) is 2.54. The summed E-state index contributed by atoms with van der Waals surface area (Å²) in [5, 5.41) is 0.374. The van der Waals surface area contributed by atoms with Crippen LogP contribution in [0, 0.1) is 25.7 Å². The number of hydrogen-bond donors (Lipinski definition) is 1. The summed E-state index contributed by atoms with van der Waals surface area (Å²) < 4.78 is 32.4. The van der Waals surface area contributed by atoms with E-state index in [1.165, 1.54) is 6.07 Å². The van der Waals surface area contributed by atoms with Crippen molar-refractivity contribution in [3.63, 3.8) is 0 Å². The van der Waals surface area contributed by atoms with Crippen molar-refractivity contribution in [1.82, 2.24) is 4.72 Å². The molecule has 2 aromatic carbocycles. The number of aryl methyl sites for hydroxylation is 2. The van der Waals surface area contributed by atoms with E-state index in [-0.39, 0.29) is 18.0 Å². The van der Waals surface area contributed by atoms with Crippen LogP contribution in [0.3, 0.4) is 0 Å². The van der Waals surface area contributed by atoms with Gasteiger partial charge < -0.3 is 4.74 Å². The Hall–Kier alpha value is -2.00. The summed E-state index contributed by atoms with van der Waals surface area (Å²) in [5.74, 6) is 6.29. The molecule has 0 aliphatic heterocycles. The van der Waals surface area contributed by atoms with Crippen molar-refractivity contribution in [1.29, 1.82) is 0 Å². The Morgan fingerprint density at radius 3 is 2.58 bits per heavy atom. The number of sulfonamides is 1. The van der Waals surface area contributed by atoms with Crippen molar-refractivity contribution in [2.45, 2.75) is 18.7 Å². The Morgan fingerprint density at radius 1 is 1.08 bits per heavy atom. The molecule has 0 amide bonds. The molecule has 0 heterocycles. The number of para-hydroxylation sites is 1. The van der Waals surface area contributed by atoms with Crippen LogP contribution in [0.15, 0.2) is 47.4 Å². The van der Waals surface area contributed by atoms with Crippen molar-refractivity contribution in [2.24, 2.45) is 0 Å². The second-order valence-electron chi connectivity index (χ2n) is 5.14. The molecule has 0 aromatic heterocycles. The molecule has 6 heteroatoms. The number of ether oxygens (including phenoxy) is 1. The maximum atomic E-state index is 12.2. The molecule has 0 fully saturated rings. The van der Waals surface area contributed by atoms with Crippen LogP contribution >= 0.6 is 11.6 Å². The smallest absolute Gasteiger partial charge is 0.241 e. The summed E-state index contributed by atoms with van der Waals surface area (Å²) in [6, 6.07) is 12.4. The normalized spacial score (nSPS) is 10.8. The van der Waals surface area contributed by atoms with Gasteiger partial charge in [0, 0.05) is 5.02 Å². The molecule has 2 rings (SSSR count). The summed E-state index contributed by atoms with van der Waals surface area (Å²) in [5.41, 5.74) is 1.65. The second-order valence-corrected chi connectivity index (χ2v) is 7.31. The summed E-state index contributed by atoms with van der Waals surface area (Å²) in [6.07, 6.45) is 0. The van der Waals surface area contributed by atoms with Crippen LogP contribution in [0.1, 0.15) is 11.1 Å². The number of halogens is 1. The van der Waals surface area contributed by atoms with E-state index in [2.05, 4.69) is 16.6 Å². The van der Waals surface area contributed by atoms with E-state index in [1.54, 1.807) is 19.1 Å². The lowest BCUT2D eigenvalue weighted by Gasteiger charge is -2.07. The highest BCUT2D eigenvalue weighted by Gasteiger charge is 2.16. The van der Waals surface area contributed by atoms with Crippen LogP contribution in [0.2, 0.25) is 5.02 Å². The number of benzene rings is 2. The highest BCUT2D eigenvalue weighted by atomic mass is 35.5. The van der Waals surface area contributed by atoms with Gasteiger partial charge in [-0.2, -0.15) is 4.72 Å². The minimum atomic E-state index is -3.64. The van der Waals surface area contributed by atoms with Gasteiger partial charge in [0.25, 0.3) is 0 Å². The molecule has 2 aromatic rings. The molecule has 0 unspecified atom stereocenters. The number of rotatable bonds is 5. The lowest BCUT2D eigenvalue weighted by Crippen LogP contribution is -2.24. The van der Waals surface area contributed by atoms with Crippen molar-refractivity contribution >= 4 is 21.6 Å². The Kier molecular flexibility index (Phi) is 6.27. The van der Waals surface area contributed by atoms with Gasteiger partial charge in [-0.25, -0.2) is 8.42 Å². The maximum Gasteiger partial charge on any atom is 0.241 e. The Bertz CT molecular complexity index is 883. The van der Waals surface area contributed by atoms with Gasteiger partial charge in [-0.15, -0.1) is 0 Å². The van der Waals surface area contributed by atoms with Gasteiger partial charge in [0.1, 0.15) is 12.4 Å². The van der Waals surface area contributed by atoms with E-state index in [1.807, 2.05) is 31.2 Å². The molecule has 0 saturated carbocycles. The Morgan fingerprint density at radius 2 is 1.83 bits per heavy atom. The first kappa shape index (κ1) is 18.3. The molecule has 24 heavy (non-hydrogen) atoms. The predicted molar refractivity (Wildman–Crippen MR) is 95.8 cm³/mol. The lowest BCUT2D eigenvalue weighted by atomic mass is 10.2. The predicted octanol–water partition coefficient (Wildman–Crippen LogP) is 3.32. The van der Waals surface area contributed by atoms with Gasteiger partial charge in [-0.05, 0) is 43.2 Å². The second kappa shape index (κ2) is 8.20. The molecule has 1 N–H and O–H groups in total. The van der Waals surface area contributed by atoms with Gasteiger partial charge in [-0.1, -0.05) is 47.7 Å². The summed E-state index contributed by atoms with van der Waals surface area (Å²) >= 11 is 5.86. The van der Waals surface area contributed by atoms with Crippen LogP contribution in [-0.2, 0) is 10.0 Å². The van der Waals surface area contributed by atoms with E-state index >= 15 is 0 Å². The van der Waals surface area contributed by atoms with Crippen LogP contribution < -0.4 is 9.46 Å². The first-order valence-electron chi connectivity index (χ1n) is 7.30. The highest BCUT2D eigenvalue weighted by molar-refractivity contribution is 7.89. The van der Waals surface area contributed by atoms with Crippen LogP contribution in [0.4, 0.5) is 0 Å². The number of hydrogen-bond acceptors (Lipinski definition) is 3. The molecule has 0 saturated heterocycles. The third-order valence-electron chi connectivity index (χ3n) is 3.31. The average molecular weight is 364 g/mol. The lowest BCUT2D eigenvalue weighted by molar-refractivity contribution is 0.367. The van der Waals surface area contributed by atoms with Gasteiger partial charge >= 0.3 is 0 Å². The quantitative estimate of drug-likeness (QED) is 0.829. The first-order valence-corrected chi connectivity index (χ1v) is 9.16. The first-order chi connectivity index (χ1) is 11.4. The molecule has 0 radical (unpaired) electrons. The zero-order chi connectivity index (χ0) is 17.6. The van der Waals surface area contributed by atoms with Crippen LogP contribution in [0.25, 0.3) is 0 Å². The monoisotopic (exact) mass is 363 g/mol. The minimum absolute atomic E-state index is 0.00538. The van der Waals surface area contributed by atoms with Gasteiger partial charge in [0.05, 0.1) is 11.4 Å². The molecule has 0 aliphatic rings. The summed E-state index contributed by atoms with van der Waals surface area (Å²) in [4.78, 5) is 0.160. The van der Waals surface area contributed by atoms with E-state index < -0.39 is 10.0 Å². The number of nitrogens with one attached hydrogen (secondary N) is 1. The summed E-state index contributed by atoms with van der Waals surface area (Å²) in [6.45, 7) is 3.87. The van der Waals surface area contributed by atoms with Gasteiger partial charge in [0.2, 0.25) is 10.0 Å². The molecule has 0 atom stereocenters. The van der Waals surface area contributed by atoms with E-state index in [4.69, 9.17) is 16.3 Å². The fourth-order valence-electron chi connectivity index (χ4n) is 2.02. The van der Waals surface area contributed by atoms with Crippen LogP contribution in [0.5, 0.6) is 5.75 Å². The largest absolute Gasteiger partial charge is 0.481 e. The van der Waals surface area contributed by atoms with Crippen molar-refractivity contribution in [3.05, 3.63) is 58.6 Å². The van der Waals surface area contributed by atoms with Crippen molar-refractivity contribution < 1.29 is 13.2 Å². The molecule has 0 aliphatic carbocycles. The third kappa shape index (κ3) is 5.00. The molecule has 0 bridgehead atoms. The van der Waals surface area contributed by atoms with E-state index in [9.17, 15) is 8.42 Å². The fourth-order valence-corrected chi connectivity index (χ4v) is 3.45. The minimum Gasteiger partial charge on any atom is -0.481 e. The Balaban J connectivity index is 1.90. The molecular weight excluding hydrogens is 346 g/mol. The van der Waals surface area contributed by atoms with Gasteiger partial charge in [-0.3, -0.25) is 0 Å². The topological polar surface area (TPSA) is 55.4 Å².